The number of rotatable bonds is 2. The van der Waals surface area contributed by atoms with Gasteiger partial charge in [0, 0.05) is 5.41 Å². The Kier molecular flexibility index (Phi) is 3.69. The van der Waals surface area contributed by atoms with Crippen molar-refractivity contribution in [2.24, 2.45) is 11.3 Å². The van der Waals surface area contributed by atoms with Gasteiger partial charge in [0.2, 0.25) is 5.91 Å². The van der Waals surface area contributed by atoms with Gasteiger partial charge in [-0.25, -0.2) is 5.84 Å². The lowest BCUT2D eigenvalue weighted by Crippen LogP contribution is -2.43. The quantitative estimate of drug-likeness (QED) is 0.288. The number of hydrogen-bond donors (Lipinski definition) is 3. The number of nitrogens with two attached hydrogens (primary N) is 1. The van der Waals surface area contributed by atoms with Crippen molar-refractivity contribution in [3.8, 4) is 0 Å². The predicted octanol–water partition coefficient (Wildman–Crippen LogP) is -0.861. The van der Waals surface area contributed by atoms with Gasteiger partial charge in [-0.05, 0) is 0 Å². The Bertz CT molecular complexity index is 184. The van der Waals surface area contributed by atoms with Crippen LogP contribution in [-0.2, 0) is 9.59 Å². The Morgan fingerprint density at radius 1 is 1.33 bits per heavy atom. The lowest BCUT2D eigenvalue weighted by Gasteiger charge is -2.16. The number of carbonyl (C=O) groups is 2. The number of nitrogens with one attached hydrogen (secondary N) is 2. The predicted molar refractivity (Wildman–Crippen MR) is 44.8 cm³/mol. The van der Waals surface area contributed by atoms with E-state index in [2.05, 4.69) is 5.32 Å². The molecule has 0 unspecified atom stereocenters. The van der Waals surface area contributed by atoms with E-state index in [1.165, 1.54) is 0 Å². The SMILES string of the molecule is CC(C)(C)C(=O)NCC(=O)NN. The summed E-state index contributed by atoms with van der Waals surface area (Å²) in [5.41, 5.74) is 1.44. The molecular formula is C7H15N3O2. The molecule has 4 N–H and O–H groups in total. The van der Waals surface area contributed by atoms with Crippen molar-refractivity contribution in [1.29, 1.82) is 0 Å². The van der Waals surface area contributed by atoms with Crippen LogP contribution in [0.15, 0.2) is 0 Å². The van der Waals surface area contributed by atoms with Gasteiger partial charge >= 0.3 is 0 Å². The van der Waals surface area contributed by atoms with Crippen molar-refractivity contribution in [2.75, 3.05) is 6.54 Å². The Hall–Kier alpha value is -1.10. The maximum absolute atomic E-state index is 11.2. The average molecular weight is 173 g/mol. The van der Waals surface area contributed by atoms with Gasteiger partial charge < -0.3 is 5.32 Å². The Labute approximate surface area is 71.7 Å². The number of amides is 2. The van der Waals surface area contributed by atoms with Gasteiger partial charge in [0.1, 0.15) is 0 Å². The average Bonchev–Trinajstić information content (AvgIpc) is 1.97. The lowest BCUT2D eigenvalue weighted by molar-refractivity contribution is -0.131. The second kappa shape index (κ2) is 4.06. The molecule has 12 heavy (non-hydrogen) atoms. The van der Waals surface area contributed by atoms with Crippen molar-refractivity contribution < 1.29 is 9.59 Å². The van der Waals surface area contributed by atoms with Crippen LogP contribution in [0.5, 0.6) is 0 Å². The van der Waals surface area contributed by atoms with E-state index in [-0.39, 0.29) is 12.5 Å². The van der Waals surface area contributed by atoms with Crippen LogP contribution >= 0.6 is 0 Å². The van der Waals surface area contributed by atoms with Crippen LogP contribution in [0, 0.1) is 5.41 Å². The minimum Gasteiger partial charge on any atom is -0.347 e. The molecule has 0 saturated heterocycles. The first-order valence-electron chi connectivity index (χ1n) is 3.65. The number of hydrogen-bond acceptors (Lipinski definition) is 3. The smallest absolute Gasteiger partial charge is 0.253 e. The Morgan fingerprint density at radius 3 is 2.17 bits per heavy atom. The van der Waals surface area contributed by atoms with Crippen molar-refractivity contribution in [3.05, 3.63) is 0 Å². The molecule has 0 aliphatic carbocycles. The third-order valence-electron chi connectivity index (χ3n) is 1.25. The second-order valence-electron chi connectivity index (χ2n) is 3.50. The molecule has 2 amide bonds. The third-order valence-corrected chi connectivity index (χ3v) is 1.25. The highest BCUT2D eigenvalue weighted by Gasteiger charge is 2.20. The Balaban J connectivity index is 3.81. The normalized spacial score (nSPS) is 10.7. The summed E-state index contributed by atoms with van der Waals surface area (Å²) in [5, 5.41) is 2.44. The van der Waals surface area contributed by atoms with Crippen molar-refractivity contribution >= 4 is 11.8 Å². The van der Waals surface area contributed by atoms with Gasteiger partial charge in [-0.3, -0.25) is 15.0 Å². The number of hydrazine groups is 1. The van der Waals surface area contributed by atoms with Crippen LogP contribution < -0.4 is 16.6 Å². The van der Waals surface area contributed by atoms with Gasteiger partial charge in [0.25, 0.3) is 5.91 Å². The largest absolute Gasteiger partial charge is 0.347 e. The van der Waals surface area contributed by atoms with Crippen molar-refractivity contribution in [3.63, 3.8) is 0 Å². The molecule has 0 aliphatic rings. The molecular weight excluding hydrogens is 158 g/mol. The zero-order valence-corrected chi connectivity index (χ0v) is 7.60. The second-order valence-corrected chi connectivity index (χ2v) is 3.50. The molecule has 0 aromatic heterocycles. The standard InChI is InChI=1S/C7H15N3O2/c1-7(2,3)6(12)9-4-5(11)10-8/h4,8H2,1-3H3,(H,9,12)(H,10,11). The minimum absolute atomic E-state index is 0.0768. The highest BCUT2D eigenvalue weighted by molar-refractivity contribution is 5.86. The minimum atomic E-state index is -0.477. The van der Waals surface area contributed by atoms with Crippen LogP contribution in [0.1, 0.15) is 20.8 Å². The molecule has 5 heteroatoms. The summed E-state index contributed by atoms with van der Waals surface area (Å²) >= 11 is 0. The molecule has 0 saturated carbocycles. The molecule has 0 heterocycles. The van der Waals surface area contributed by atoms with Crippen LogP contribution in [0.3, 0.4) is 0 Å². The molecule has 0 bridgehead atoms. The zero-order valence-electron chi connectivity index (χ0n) is 7.60. The highest BCUT2D eigenvalue weighted by Crippen LogP contribution is 2.11. The monoisotopic (exact) mass is 173 g/mol. The van der Waals surface area contributed by atoms with Crippen molar-refractivity contribution in [2.45, 2.75) is 20.8 Å². The molecule has 0 rings (SSSR count). The highest BCUT2D eigenvalue weighted by atomic mass is 16.2. The molecule has 0 atom stereocenters. The zero-order chi connectivity index (χ0) is 9.78. The summed E-state index contributed by atoms with van der Waals surface area (Å²) in [6.45, 7) is 5.22. The van der Waals surface area contributed by atoms with E-state index in [1.807, 2.05) is 5.43 Å². The fraction of sp³-hybridized carbons (Fsp3) is 0.714. The first kappa shape index (κ1) is 10.9. The Morgan fingerprint density at radius 2 is 1.83 bits per heavy atom. The first-order valence-corrected chi connectivity index (χ1v) is 3.65. The summed E-state index contributed by atoms with van der Waals surface area (Å²) in [5.74, 6) is 4.23. The summed E-state index contributed by atoms with van der Waals surface area (Å²) in [7, 11) is 0. The van der Waals surface area contributed by atoms with Gasteiger partial charge in [0.15, 0.2) is 0 Å². The maximum Gasteiger partial charge on any atom is 0.253 e. The van der Waals surface area contributed by atoms with Crippen LogP contribution in [0.25, 0.3) is 0 Å². The number of carbonyl (C=O) groups excluding carboxylic acids is 2. The fourth-order valence-electron chi connectivity index (χ4n) is 0.477. The summed E-state index contributed by atoms with van der Waals surface area (Å²) < 4.78 is 0. The van der Waals surface area contributed by atoms with Crippen molar-refractivity contribution in [1.82, 2.24) is 10.7 Å². The van der Waals surface area contributed by atoms with Crippen LogP contribution in [0.4, 0.5) is 0 Å². The molecule has 0 radical (unpaired) electrons. The van der Waals surface area contributed by atoms with Gasteiger partial charge in [-0.1, -0.05) is 20.8 Å². The van der Waals surface area contributed by atoms with E-state index in [9.17, 15) is 9.59 Å². The molecule has 0 aliphatic heterocycles. The first-order chi connectivity index (χ1) is 5.38. The van der Waals surface area contributed by atoms with Gasteiger partial charge in [-0.15, -0.1) is 0 Å². The van der Waals surface area contributed by atoms with E-state index >= 15 is 0 Å². The van der Waals surface area contributed by atoms with E-state index in [1.54, 1.807) is 20.8 Å². The lowest BCUT2D eigenvalue weighted by atomic mass is 9.96. The van der Waals surface area contributed by atoms with E-state index in [0.29, 0.717) is 0 Å². The van der Waals surface area contributed by atoms with E-state index < -0.39 is 11.3 Å². The molecule has 0 fully saturated rings. The van der Waals surface area contributed by atoms with E-state index in [4.69, 9.17) is 5.84 Å². The molecule has 0 aromatic carbocycles. The summed E-state index contributed by atoms with van der Waals surface area (Å²) in [6.07, 6.45) is 0. The molecule has 70 valence electrons. The van der Waals surface area contributed by atoms with Crippen LogP contribution in [0.2, 0.25) is 0 Å². The third kappa shape index (κ3) is 3.92. The molecule has 0 spiro atoms. The fourth-order valence-corrected chi connectivity index (χ4v) is 0.477. The molecule has 0 aromatic rings. The van der Waals surface area contributed by atoms with Gasteiger partial charge in [0.05, 0.1) is 6.54 Å². The summed E-state index contributed by atoms with van der Waals surface area (Å²) in [6, 6.07) is 0. The maximum atomic E-state index is 11.2. The van der Waals surface area contributed by atoms with Gasteiger partial charge in [-0.2, -0.15) is 0 Å². The molecule has 5 nitrogen and oxygen atoms in total. The topological polar surface area (TPSA) is 84.2 Å². The summed E-state index contributed by atoms with van der Waals surface area (Å²) in [4.78, 5) is 21.7. The van der Waals surface area contributed by atoms with Crippen LogP contribution in [-0.4, -0.2) is 18.4 Å². The van der Waals surface area contributed by atoms with E-state index in [0.717, 1.165) is 0 Å².